The maximum absolute atomic E-state index is 14.9. The van der Waals surface area contributed by atoms with Crippen molar-refractivity contribution in [3.8, 4) is 22.9 Å². The van der Waals surface area contributed by atoms with Crippen LogP contribution in [0.1, 0.15) is 49.1 Å². The lowest BCUT2D eigenvalue weighted by atomic mass is 9.88. The van der Waals surface area contributed by atoms with Crippen LogP contribution in [-0.2, 0) is 23.6 Å². The van der Waals surface area contributed by atoms with Gasteiger partial charge in [-0.15, -0.1) is 22.8 Å². The Morgan fingerprint density at radius 3 is 2.64 bits per heavy atom. The molecule has 9 nitrogen and oxygen atoms in total. The third-order valence-electron chi connectivity index (χ3n) is 9.18. The molecule has 5 aromatic rings. The number of nitrogens with one attached hydrogen (secondary N) is 1. The van der Waals surface area contributed by atoms with Gasteiger partial charge in [0.2, 0.25) is 0 Å². The molecule has 0 saturated carbocycles. The standard InChI is InChI=1S/C33H32ClFN6O3S/c1-33(24-7-6-21(34)16-25(24)35)43-28-4-2-3-23(30(28)44-33)19-9-12-40(13-10-19)18-29-36-26-15-20(31-37-32(45)39-38-31)5-8-27(26)41(29)17-22-11-14-42-22/h2-8,15-16,19,22H,9-14,17-18H2,1H3,(H2,37,38,39,45)/t22-,33?/m0/s1. The number of piperidine rings is 1. The number of aromatic nitrogens is 5. The summed E-state index contributed by atoms with van der Waals surface area (Å²) in [4.78, 5) is 10.7. The lowest BCUT2D eigenvalue weighted by molar-refractivity contribution is -0.0712. The average molecular weight is 647 g/mol. The van der Waals surface area contributed by atoms with Crippen LogP contribution in [0.3, 0.4) is 0 Å². The molecule has 2 saturated heterocycles. The van der Waals surface area contributed by atoms with Gasteiger partial charge in [-0.2, -0.15) is 0 Å². The van der Waals surface area contributed by atoms with E-state index in [0.29, 0.717) is 39.0 Å². The van der Waals surface area contributed by atoms with Gasteiger partial charge in [0.05, 0.1) is 35.8 Å². The van der Waals surface area contributed by atoms with Gasteiger partial charge in [-0.3, -0.25) is 4.90 Å². The van der Waals surface area contributed by atoms with E-state index in [4.69, 9.17) is 30.8 Å². The molecule has 2 aromatic heterocycles. The van der Waals surface area contributed by atoms with Crippen LogP contribution in [0.15, 0.2) is 59.8 Å². The van der Waals surface area contributed by atoms with Crippen molar-refractivity contribution < 1.29 is 18.6 Å². The van der Waals surface area contributed by atoms with Crippen molar-refractivity contribution in [2.75, 3.05) is 19.7 Å². The third-order valence-corrected chi connectivity index (χ3v) is 9.62. The van der Waals surface area contributed by atoms with E-state index >= 15 is 0 Å². The molecule has 45 heavy (non-hydrogen) atoms. The number of halogens is 2. The van der Waals surface area contributed by atoms with Gasteiger partial charge in [-0.1, -0.05) is 23.7 Å². The first-order valence-electron chi connectivity index (χ1n) is 15.2. The lowest BCUT2D eigenvalue weighted by Crippen LogP contribution is -2.35. The van der Waals surface area contributed by atoms with Crippen molar-refractivity contribution in [1.29, 1.82) is 0 Å². The van der Waals surface area contributed by atoms with Crippen molar-refractivity contribution in [2.24, 2.45) is 0 Å². The highest BCUT2D eigenvalue weighted by Crippen LogP contribution is 2.50. The van der Waals surface area contributed by atoms with Crippen molar-refractivity contribution in [3.63, 3.8) is 0 Å². The molecule has 0 bridgehead atoms. The van der Waals surface area contributed by atoms with E-state index in [1.54, 1.807) is 19.1 Å². The average Bonchev–Trinajstić information content (AvgIpc) is 3.69. The summed E-state index contributed by atoms with van der Waals surface area (Å²) in [7, 11) is 0. The molecule has 3 aliphatic rings. The molecule has 0 amide bonds. The van der Waals surface area contributed by atoms with Crippen LogP contribution >= 0.6 is 24.2 Å². The zero-order chi connectivity index (χ0) is 30.7. The fraction of sp³-hybridized carbons (Fsp3) is 0.364. The van der Waals surface area contributed by atoms with Gasteiger partial charge in [0, 0.05) is 29.7 Å². The largest absolute Gasteiger partial charge is 0.444 e. The number of fused-ring (bicyclic) bond motifs is 2. The topological polar surface area (TPSA) is 90.3 Å². The van der Waals surface area contributed by atoms with Crippen molar-refractivity contribution in [2.45, 2.75) is 62.2 Å². The first-order valence-corrected chi connectivity index (χ1v) is 16.1. The van der Waals surface area contributed by atoms with Crippen LogP contribution in [0.5, 0.6) is 11.5 Å². The number of nitrogens with zero attached hydrogens (tertiary/aromatic N) is 5. The summed E-state index contributed by atoms with van der Waals surface area (Å²) in [5.74, 6) is 1.60. The molecule has 3 aromatic carbocycles. The van der Waals surface area contributed by atoms with E-state index in [0.717, 1.165) is 80.0 Å². The van der Waals surface area contributed by atoms with E-state index in [-0.39, 0.29) is 6.10 Å². The molecule has 0 spiro atoms. The van der Waals surface area contributed by atoms with E-state index in [9.17, 15) is 4.39 Å². The van der Waals surface area contributed by atoms with E-state index in [1.807, 2.05) is 18.2 Å². The van der Waals surface area contributed by atoms with Gasteiger partial charge >= 0.3 is 0 Å². The monoisotopic (exact) mass is 646 g/mol. The third kappa shape index (κ3) is 5.35. The number of rotatable bonds is 7. The van der Waals surface area contributed by atoms with Crippen molar-refractivity contribution >= 4 is 35.3 Å². The van der Waals surface area contributed by atoms with Crippen LogP contribution in [-0.4, -0.2) is 55.4 Å². The summed E-state index contributed by atoms with van der Waals surface area (Å²) in [6.07, 6.45) is 3.18. The first-order chi connectivity index (χ1) is 21.8. The molecule has 0 radical (unpaired) electrons. The van der Waals surface area contributed by atoms with Crippen molar-refractivity contribution in [1.82, 2.24) is 29.6 Å². The Kier molecular flexibility index (Phi) is 7.24. The molecule has 232 valence electrons. The predicted octanol–water partition coefficient (Wildman–Crippen LogP) is 6.72. The van der Waals surface area contributed by atoms with Gasteiger partial charge in [-0.25, -0.2) is 9.37 Å². The Bertz CT molecular complexity index is 1900. The Balaban J connectivity index is 1.000. The molecule has 0 aliphatic carbocycles. The van der Waals surface area contributed by atoms with Gasteiger partial charge < -0.3 is 23.8 Å². The molecule has 5 heterocycles. The molecular formula is C33H32ClFN6O3S. The highest BCUT2D eigenvalue weighted by molar-refractivity contribution is 7.80. The molecule has 2 fully saturated rings. The number of para-hydroxylation sites is 1. The maximum Gasteiger partial charge on any atom is 0.278 e. The molecule has 3 aliphatic heterocycles. The predicted molar refractivity (Wildman–Crippen MR) is 170 cm³/mol. The number of likely N-dealkylation sites (tertiary alicyclic amines) is 1. The SMILES string of the molecule is CC1(c2ccc(Cl)cc2F)Oc2cccc(C3CCN(Cc4nc5cc(-c6nnc(S)[nH]6)ccc5n4C[C@@H]4CCO4)CC3)c2O1. The van der Waals surface area contributed by atoms with Crippen LogP contribution in [0.4, 0.5) is 4.39 Å². The smallest absolute Gasteiger partial charge is 0.278 e. The second-order valence-electron chi connectivity index (χ2n) is 12.1. The highest BCUT2D eigenvalue weighted by Gasteiger charge is 2.43. The number of hydrogen-bond donors (Lipinski definition) is 2. The number of benzene rings is 3. The Labute approximate surface area is 270 Å². The molecule has 1 N–H and O–H groups in total. The fourth-order valence-electron chi connectivity index (χ4n) is 6.71. The van der Waals surface area contributed by atoms with E-state index < -0.39 is 11.6 Å². The summed E-state index contributed by atoms with van der Waals surface area (Å²) >= 11 is 10.3. The Morgan fingerprint density at radius 1 is 1.07 bits per heavy atom. The second-order valence-corrected chi connectivity index (χ2v) is 13.0. The number of thiol groups is 1. The molecule has 12 heteroatoms. The summed E-state index contributed by atoms with van der Waals surface area (Å²) in [6, 6.07) is 16.7. The van der Waals surface area contributed by atoms with Crippen LogP contribution in [0, 0.1) is 5.82 Å². The first kappa shape index (κ1) is 28.8. The molecule has 1 unspecified atom stereocenters. The zero-order valence-electron chi connectivity index (χ0n) is 24.7. The van der Waals surface area contributed by atoms with Gasteiger partial charge in [0.25, 0.3) is 5.79 Å². The zero-order valence-corrected chi connectivity index (χ0v) is 26.3. The van der Waals surface area contributed by atoms with E-state index in [2.05, 4.69) is 55.5 Å². The van der Waals surface area contributed by atoms with Gasteiger partial charge in [0.15, 0.2) is 22.5 Å². The maximum atomic E-state index is 14.9. The number of aromatic amines is 1. The molecule has 2 atom stereocenters. The van der Waals surface area contributed by atoms with Crippen LogP contribution in [0.25, 0.3) is 22.4 Å². The Morgan fingerprint density at radius 2 is 1.91 bits per heavy atom. The minimum absolute atomic E-state index is 0.210. The molecular weight excluding hydrogens is 615 g/mol. The van der Waals surface area contributed by atoms with Gasteiger partial charge in [-0.05, 0) is 80.7 Å². The fourth-order valence-corrected chi connectivity index (χ4v) is 7.02. The molecule has 8 rings (SSSR count). The number of ether oxygens (including phenoxy) is 3. The summed E-state index contributed by atoms with van der Waals surface area (Å²) in [5, 5.41) is 8.98. The van der Waals surface area contributed by atoms with Crippen LogP contribution < -0.4 is 9.47 Å². The Hall–Kier alpha value is -3.64. The minimum Gasteiger partial charge on any atom is -0.444 e. The van der Waals surface area contributed by atoms with Crippen LogP contribution in [0.2, 0.25) is 5.02 Å². The number of hydrogen-bond acceptors (Lipinski definition) is 8. The van der Waals surface area contributed by atoms with E-state index in [1.165, 1.54) is 6.07 Å². The second kappa shape index (κ2) is 11.3. The highest BCUT2D eigenvalue weighted by atomic mass is 35.5. The summed E-state index contributed by atoms with van der Waals surface area (Å²) in [6.45, 7) is 5.91. The summed E-state index contributed by atoms with van der Waals surface area (Å²) in [5.41, 5.74) is 4.35. The normalized spacial score (nSPS) is 21.8. The lowest BCUT2D eigenvalue weighted by Gasteiger charge is -2.33. The minimum atomic E-state index is -1.26. The summed E-state index contributed by atoms with van der Waals surface area (Å²) < 4.78 is 35.6. The number of H-pyrrole nitrogens is 1. The quantitative estimate of drug-likeness (QED) is 0.190. The van der Waals surface area contributed by atoms with Gasteiger partial charge in [0.1, 0.15) is 11.6 Å². The number of imidazole rings is 1. The van der Waals surface area contributed by atoms with Crippen molar-refractivity contribution in [3.05, 3.63) is 82.4 Å².